The molecule has 1 aliphatic rings. The molecule has 1 aromatic rings. The molecule has 72 valence electrons. The van der Waals surface area contributed by atoms with Crippen LogP contribution in [-0.2, 0) is 9.57 Å². The number of hydroxylamine groups is 2. The van der Waals surface area contributed by atoms with E-state index in [1.54, 1.807) is 14.2 Å². The van der Waals surface area contributed by atoms with Crippen molar-refractivity contribution in [3.8, 4) is 0 Å². The van der Waals surface area contributed by atoms with Gasteiger partial charge in [0.15, 0.2) is 6.54 Å². The molecule has 0 amide bonds. The summed E-state index contributed by atoms with van der Waals surface area (Å²) < 4.78 is 5.15. The molecule has 0 spiro atoms. The van der Waals surface area contributed by atoms with Gasteiger partial charge >= 0.3 is 0 Å². The molecular formula is C11H11NO2. The van der Waals surface area contributed by atoms with Gasteiger partial charge in [0, 0.05) is 6.08 Å². The van der Waals surface area contributed by atoms with E-state index in [9.17, 15) is 0 Å². The molecule has 3 nitrogen and oxygen atoms in total. The number of rotatable bonds is 2. The van der Waals surface area contributed by atoms with Crippen LogP contribution >= 0.6 is 0 Å². The van der Waals surface area contributed by atoms with Crippen LogP contribution in [0, 0.1) is 6.54 Å². The van der Waals surface area contributed by atoms with Crippen molar-refractivity contribution in [2.24, 2.45) is 0 Å². The molecule has 0 aromatic heterocycles. The van der Waals surface area contributed by atoms with Gasteiger partial charge in [0.25, 0.3) is 0 Å². The Morgan fingerprint density at radius 1 is 1.21 bits per heavy atom. The fourth-order valence-corrected chi connectivity index (χ4v) is 1.36. The van der Waals surface area contributed by atoms with E-state index in [2.05, 4.69) is 6.54 Å². The maximum absolute atomic E-state index is 5.15. The average molecular weight is 189 g/mol. The first-order valence-electron chi connectivity index (χ1n) is 4.31. The standard InChI is InChI=1S/C11H11NO2/c1-13-11-7-9-5-3-4-6-10(9)8-12(11)14-2/h3-7H,1-2H3. The maximum atomic E-state index is 5.15. The van der Waals surface area contributed by atoms with E-state index in [-0.39, 0.29) is 0 Å². The first-order valence-corrected chi connectivity index (χ1v) is 4.31. The van der Waals surface area contributed by atoms with Gasteiger partial charge in [-0.15, -0.1) is 0 Å². The zero-order valence-electron chi connectivity index (χ0n) is 8.15. The minimum atomic E-state index is 0.631. The molecule has 14 heavy (non-hydrogen) atoms. The van der Waals surface area contributed by atoms with Gasteiger partial charge in [-0.3, -0.25) is 4.84 Å². The van der Waals surface area contributed by atoms with Crippen LogP contribution < -0.4 is 0 Å². The first-order chi connectivity index (χ1) is 6.85. The van der Waals surface area contributed by atoms with E-state index in [0.29, 0.717) is 5.88 Å². The van der Waals surface area contributed by atoms with E-state index in [4.69, 9.17) is 9.57 Å². The summed E-state index contributed by atoms with van der Waals surface area (Å²) in [5, 5.41) is 1.47. The van der Waals surface area contributed by atoms with Crippen LogP contribution in [0.5, 0.6) is 0 Å². The molecule has 0 fully saturated rings. The Morgan fingerprint density at radius 3 is 2.71 bits per heavy atom. The van der Waals surface area contributed by atoms with E-state index < -0.39 is 0 Å². The number of ether oxygens (including phenoxy) is 1. The summed E-state index contributed by atoms with van der Waals surface area (Å²) in [5.74, 6) is 0.631. The summed E-state index contributed by atoms with van der Waals surface area (Å²) in [6.07, 6.45) is 1.91. The van der Waals surface area contributed by atoms with E-state index in [0.717, 1.165) is 11.1 Å². The lowest BCUT2D eigenvalue weighted by molar-refractivity contribution is -0.108. The van der Waals surface area contributed by atoms with E-state index in [1.165, 1.54) is 5.06 Å². The third kappa shape index (κ3) is 1.46. The minimum absolute atomic E-state index is 0.631. The van der Waals surface area contributed by atoms with Crippen molar-refractivity contribution in [2.45, 2.75) is 0 Å². The lowest BCUT2D eigenvalue weighted by atomic mass is 10.1. The summed E-state index contributed by atoms with van der Waals surface area (Å²) in [6.45, 7) is 3.07. The van der Waals surface area contributed by atoms with E-state index in [1.807, 2.05) is 30.3 Å². The Balaban J connectivity index is 2.39. The zero-order valence-corrected chi connectivity index (χ0v) is 8.15. The molecule has 2 radical (unpaired) electrons. The molecule has 1 heterocycles. The Hall–Kier alpha value is -1.48. The molecule has 0 bridgehead atoms. The lowest BCUT2D eigenvalue weighted by Gasteiger charge is -2.26. The second-order valence-corrected chi connectivity index (χ2v) is 2.86. The number of hydrogen-bond donors (Lipinski definition) is 0. The summed E-state index contributed by atoms with van der Waals surface area (Å²) in [5.41, 5.74) is 2.08. The highest BCUT2D eigenvalue weighted by Gasteiger charge is 2.19. The van der Waals surface area contributed by atoms with Crippen molar-refractivity contribution in [1.82, 2.24) is 5.06 Å². The quantitative estimate of drug-likeness (QED) is 0.709. The fraction of sp³-hybridized carbons (Fsp3) is 0.182. The van der Waals surface area contributed by atoms with Gasteiger partial charge in [0.1, 0.15) is 0 Å². The van der Waals surface area contributed by atoms with Gasteiger partial charge in [0.05, 0.1) is 14.2 Å². The number of fused-ring (bicyclic) bond motifs is 1. The van der Waals surface area contributed by atoms with Crippen LogP contribution in [0.25, 0.3) is 6.08 Å². The molecule has 0 aliphatic carbocycles. The molecule has 0 saturated heterocycles. The molecule has 3 heteroatoms. The van der Waals surface area contributed by atoms with Gasteiger partial charge in [-0.1, -0.05) is 24.3 Å². The second-order valence-electron chi connectivity index (χ2n) is 2.86. The van der Waals surface area contributed by atoms with Crippen molar-refractivity contribution >= 4 is 6.08 Å². The van der Waals surface area contributed by atoms with Crippen LogP contribution in [0.15, 0.2) is 30.1 Å². The Labute approximate surface area is 83.5 Å². The monoisotopic (exact) mass is 189 g/mol. The summed E-state index contributed by atoms with van der Waals surface area (Å²) in [7, 11) is 3.18. The number of methoxy groups -OCH3 is 1. The van der Waals surface area contributed by atoms with Crippen molar-refractivity contribution in [1.29, 1.82) is 0 Å². The minimum Gasteiger partial charge on any atom is -0.481 e. The topological polar surface area (TPSA) is 21.7 Å². The highest BCUT2D eigenvalue weighted by atomic mass is 16.7. The van der Waals surface area contributed by atoms with Crippen LogP contribution in [0.4, 0.5) is 0 Å². The van der Waals surface area contributed by atoms with Crippen LogP contribution in [-0.4, -0.2) is 19.3 Å². The van der Waals surface area contributed by atoms with Gasteiger partial charge in [-0.05, 0) is 11.1 Å². The van der Waals surface area contributed by atoms with Crippen molar-refractivity contribution in [3.63, 3.8) is 0 Å². The fourth-order valence-electron chi connectivity index (χ4n) is 1.36. The summed E-state index contributed by atoms with van der Waals surface area (Å²) in [4.78, 5) is 5.08. The predicted octanol–water partition coefficient (Wildman–Crippen LogP) is 1.90. The number of benzene rings is 1. The highest BCUT2D eigenvalue weighted by molar-refractivity contribution is 5.59. The largest absolute Gasteiger partial charge is 0.481 e. The molecule has 1 aromatic carbocycles. The molecule has 0 N–H and O–H groups in total. The lowest BCUT2D eigenvalue weighted by Crippen LogP contribution is -2.23. The molecule has 0 atom stereocenters. The van der Waals surface area contributed by atoms with Crippen molar-refractivity contribution in [2.75, 3.05) is 14.2 Å². The van der Waals surface area contributed by atoms with Gasteiger partial charge in [-0.25, -0.2) is 5.06 Å². The highest BCUT2D eigenvalue weighted by Crippen LogP contribution is 2.25. The normalized spacial score (nSPS) is 14.7. The van der Waals surface area contributed by atoms with Crippen LogP contribution in [0.2, 0.25) is 0 Å². The Bertz CT molecular complexity index is 360. The van der Waals surface area contributed by atoms with Gasteiger partial charge in [-0.2, -0.15) is 0 Å². The Kier molecular flexibility index (Phi) is 2.41. The maximum Gasteiger partial charge on any atom is 0.215 e. The third-order valence-corrected chi connectivity index (χ3v) is 2.05. The SMILES string of the molecule is COC1=Cc2ccccc2[C]N1OC. The molecular weight excluding hydrogens is 178 g/mol. The van der Waals surface area contributed by atoms with Crippen LogP contribution in [0.3, 0.4) is 0 Å². The zero-order chi connectivity index (χ0) is 9.97. The number of nitrogens with zero attached hydrogens (tertiary/aromatic N) is 1. The van der Waals surface area contributed by atoms with Crippen LogP contribution in [0.1, 0.15) is 11.1 Å². The Morgan fingerprint density at radius 2 is 2.00 bits per heavy atom. The van der Waals surface area contributed by atoms with Crippen molar-refractivity contribution in [3.05, 3.63) is 47.8 Å². The smallest absolute Gasteiger partial charge is 0.215 e. The average Bonchev–Trinajstić information content (AvgIpc) is 2.27. The van der Waals surface area contributed by atoms with Crippen molar-refractivity contribution < 1.29 is 9.57 Å². The molecule has 0 saturated carbocycles. The summed E-state index contributed by atoms with van der Waals surface area (Å²) >= 11 is 0. The third-order valence-electron chi connectivity index (χ3n) is 2.05. The van der Waals surface area contributed by atoms with Gasteiger partial charge < -0.3 is 4.74 Å². The van der Waals surface area contributed by atoms with E-state index >= 15 is 0 Å². The first kappa shape index (κ1) is 9.09. The van der Waals surface area contributed by atoms with Gasteiger partial charge in [0.2, 0.25) is 5.88 Å². The molecule has 1 aliphatic heterocycles. The molecule has 2 rings (SSSR count). The predicted molar refractivity (Wildman–Crippen MR) is 52.6 cm³/mol. The second kappa shape index (κ2) is 3.72. The molecule has 0 unspecified atom stereocenters. The summed E-state index contributed by atoms with van der Waals surface area (Å²) in [6, 6.07) is 7.93. The number of hydrogen-bond acceptors (Lipinski definition) is 3.